The van der Waals surface area contributed by atoms with Crippen molar-refractivity contribution in [3.8, 4) is 5.88 Å². The molecule has 0 radical (unpaired) electrons. The molecule has 3 heterocycles. The quantitative estimate of drug-likeness (QED) is 0.530. The molecule has 2 amide bonds. The summed E-state index contributed by atoms with van der Waals surface area (Å²) in [5.74, 6) is -0.484. The van der Waals surface area contributed by atoms with E-state index in [0.717, 1.165) is 11.1 Å². The first-order valence-electron chi connectivity index (χ1n) is 12.2. The lowest BCUT2D eigenvalue weighted by molar-refractivity contribution is 0.0312. The molecule has 0 spiro atoms. The van der Waals surface area contributed by atoms with Gasteiger partial charge in [0.2, 0.25) is 5.88 Å². The Balaban J connectivity index is 1.64. The van der Waals surface area contributed by atoms with E-state index in [1.54, 1.807) is 31.1 Å². The number of benzene rings is 1. The van der Waals surface area contributed by atoms with Crippen LogP contribution in [0.4, 0.5) is 0 Å². The van der Waals surface area contributed by atoms with E-state index in [4.69, 9.17) is 4.74 Å². The average Bonchev–Trinajstić information content (AvgIpc) is 2.94. The maximum absolute atomic E-state index is 13.6. The van der Waals surface area contributed by atoms with Crippen molar-refractivity contribution in [2.45, 2.75) is 26.0 Å². The van der Waals surface area contributed by atoms with Crippen LogP contribution in [0, 0.1) is 5.92 Å². The lowest BCUT2D eigenvalue weighted by Crippen LogP contribution is -2.50. The second kappa shape index (κ2) is 11.7. The number of aromatic nitrogens is 3. The van der Waals surface area contributed by atoms with Gasteiger partial charge in [-0.15, -0.1) is 0 Å². The Morgan fingerprint density at radius 1 is 1.19 bits per heavy atom. The molecule has 9 heteroatoms. The Bertz CT molecular complexity index is 1250. The number of carbonyl (C=O) groups excluding carboxylic acids is 2. The fourth-order valence-electron chi connectivity index (χ4n) is 4.14. The number of rotatable bonds is 7. The Kier molecular flexibility index (Phi) is 8.25. The number of nitrogens with zero attached hydrogens (tertiary/aromatic N) is 5. The summed E-state index contributed by atoms with van der Waals surface area (Å²) in [6.45, 7) is 4.19. The Morgan fingerprint density at radius 3 is 2.65 bits per heavy atom. The minimum atomic E-state index is -0.455. The molecule has 37 heavy (non-hydrogen) atoms. The number of aliphatic hydroxyl groups excluding tert-OH is 1. The molecule has 0 unspecified atom stereocenters. The highest BCUT2D eigenvalue weighted by molar-refractivity contribution is 5.97. The number of likely N-dealkylation sites (N-methyl/N-ethyl adjacent to an activating group) is 1. The predicted octanol–water partition coefficient (Wildman–Crippen LogP) is 3.03. The smallest absolute Gasteiger partial charge is 0.273 e. The van der Waals surface area contributed by atoms with E-state index in [2.05, 4.69) is 15.0 Å². The zero-order chi connectivity index (χ0) is 26.4. The van der Waals surface area contributed by atoms with E-state index in [-0.39, 0.29) is 42.5 Å². The van der Waals surface area contributed by atoms with E-state index in [1.807, 2.05) is 49.4 Å². The molecule has 0 bridgehead atoms. The van der Waals surface area contributed by atoms with Gasteiger partial charge in [-0.3, -0.25) is 14.6 Å². The Hall–Kier alpha value is -4.11. The van der Waals surface area contributed by atoms with E-state index >= 15 is 0 Å². The number of amides is 2. The van der Waals surface area contributed by atoms with Crippen LogP contribution in [0.25, 0.3) is 12.2 Å². The summed E-state index contributed by atoms with van der Waals surface area (Å²) in [5.41, 5.74) is 2.33. The van der Waals surface area contributed by atoms with Crippen molar-refractivity contribution in [3.05, 3.63) is 83.6 Å². The van der Waals surface area contributed by atoms with Crippen molar-refractivity contribution in [1.29, 1.82) is 0 Å². The summed E-state index contributed by atoms with van der Waals surface area (Å²) in [7, 11) is 1.68. The molecule has 1 aliphatic rings. The van der Waals surface area contributed by atoms with Gasteiger partial charge < -0.3 is 19.6 Å². The summed E-state index contributed by atoms with van der Waals surface area (Å²) in [5, 5.41) is 9.86. The molecule has 2 aromatic heterocycles. The van der Waals surface area contributed by atoms with Crippen molar-refractivity contribution < 1.29 is 19.4 Å². The van der Waals surface area contributed by atoms with Crippen LogP contribution in [0.3, 0.4) is 0 Å². The number of hydrogen-bond donors (Lipinski definition) is 1. The molecule has 9 nitrogen and oxygen atoms in total. The van der Waals surface area contributed by atoms with E-state index < -0.39 is 12.1 Å². The summed E-state index contributed by atoms with van der Waals surface area (Å²) >= 11 is 0. The fourth-order valence-corrected chi connectivity index (χ4v) is 4.14. The van der Waals surface area contributed by atoms with Crippen LogP contribution in [-0.2, 0) is 0 Å². The van der Waals surface area contributed by atoms with Crippen molar-refractivity contribution >= 4 is 24.0 Å². The molecule has 4 rings (SSSR count). The van der Waals surface area contributed by atoms with Gasteiger partial charge in [0.05, 0.1) is 25.4 Å². The third-order valence-electron chi connectivity index (χ3n) is 6.39. The molecule has 0 saturated carbocycles. The number of fused-ring (bicyclic) bond motifs is 1. The molecular formula is C28H31N5O4. The van der Waals surface area contributed by atoms with Gasteiger partial charge in [-0.2, -0.15) is 0 Å². The van der Waals surface area contributed by atoms with Gasteiger partial charge in [-0.05, 0) is 24.1 Å². The lowest BCUT2D eigenvalue weighted by Gasteiger charge is -2.37. The normalized spacial score (nSPS) is 18.5. The highest BCUT2D eigenvalue weighted by Gasteiger charge is 2.34. The summed E-state index contributed by atoms with van der Waals surface area (Å²) < 4.78 is 6.28. The van der Waals surface area contributed by atoms with E-state index in [9.17, 15) is 14.7 Å². The lowest BCUT2D eigenvalue weighted by atomic mass is 9.99. The van der Waals surface area contributed by atoms with Crippen molar-refractivity contribution in [2.24, 2.45) is 5.92 Å². The number of carbonyl (C=O) groups is 2. The van der Waals surface area contributed by atoms with Gasteiger partial charge in [0.25, 0.3) is 11.8 Å². The van der Waals surface area contributed by atoms with Gasteiger partial charge >= 0.3 is 0 Å². The first-order valence-corrected chi connectivity index (χ1v) is 12.2. The molecule has 0 aliphatic carbocycles. The minimum absolute atomic E-state index is 0.150. The highest BCUT2D eigenvalue weighted by atomic mass is 16.5. The largest absolute Gasteiger partial charge is 0.472 e. The van der Waals surface area contributed by atoms with Crippen LogP contribution in [0.15, 0.2) is 61.2 Å². The van der Waals surface area contributed by atoms with Gasteiger partial charge in [0.15, 0.2) is 0 Å². The molecule has 1 aliphatic heterocycles. The first-order chi connectivity index (χ1) is 17.9. The van der Waals surface area contributed by atoms with Crippen LogP contribution < -0.4 is 4.74 Å². The van der Waals surface area contributed by atoms with Crippen LogP contribution in [0.2, 0.25) is 0 Å². The van der Waals surface area contributed by atoms with E-state index in [0.29, 0.717) is 12.1 Å². The zero-order valence-corrected chi connectivity index (χ0v) is 21.2. The molecule has 0 fully saturated rings. The number of hydrogen-bond acceptors (Lipinski definition) is 7. The summed E-state index contributed by atoms with van der Waals surface area (Å²) in [6, 6.07) is 11.2. The first kappa shape index (κ1) is 26.0. The van der Waals surface area contributed by atoms with Gasteiger partial charge in [-0.25, -0.2) is 9.97 Å². The second-order valence-corrected chi connectivity index (χ2v) is 9.26. The molecule has 192 valence electrons. The van der Waals surface area contributed by atoms with Crippen LogP contribution in [0.1, 0.15) is 45.8 Å². The van der Waals surface area contributed by atoms with Crippen LogP contribution in [-0.4, -0.2) is 80.6 Å². The molecule has 3 atom stereocenters. The van der Waals surface area contributed by atoms with Crippen molar-refractivity contribution in [1.82, 2.24) is 24.8 Å². The Labute approximate surface area is 216 Å². The number of aliphatic hydroxyl groups is 1. The monoisotopic (exact) mass is 501 g/mol. The van der Waals surface area contributed by atoms with Gasteiger partial charge in [0, 0.05) is 38.1 Å². The fraction of sp³-hybridized carbons (Fsp3) is 0.321. The molecule has 1 N–H and O–H groups in total. The third kappa shape index (κ3) is 6.18. The molecule has 0 saturated heterocycles. The van der Waals surface area contributed by atoms with Crippen molar-refractivity contribution in [3.63, 3.8) is 0 Å². The molecular weight excluding hydrogens is 470 g/mol. The minimum Gasteiger partial charge on any atom is -0.472 e. The number of ether oxygens (including phenoxy) is 1. The predicted molar refractivity (Wildman–Crippen MR) is 140 cm³/mol. The maximum atomic E-state index is 13.6. The third-order valence-corrected chi connectivity index (χ3v) is 6.39. The van der Waals surface area contributed by atoms with E-state index in [1.165, 1.54) is 23.5 Å². The SMILES string of the molecule is C[C@H]1CN([C@@H](C)CO)C(=O)c2cc(/C=C/c3ccccc3)cnc2O[C@H]1CN(C)C(=O)c1cnccn1. The van der Waals surface area contributed by atoms with Gasteiger partial charge in [-0.1, -0.05) is 49.4 Å². The van der Waals surface area contributed by atoms with Gasteiger partial charge in [0.1, 0.15) is 17.4 Å². The molecule has 3 aromatic rings. The average molecular weight is 502 g/mol. The zero-order valence-electron chi connectivity index (χ0n) is 21.2. The summed E-state index contributed by atoms with van der Waals surface area (Å²) in [4.78, 5) is 42.2. The highest BCUT2D eigenvalue weighted by Crippen LogP contribution is 2.28. The maximum Gasteiger partial charge on any atom is 0.273 e. The summed E-state index contributed by atoms with van der Waals surface area (Å²) in [6.07, 6.45) is 9.45. The van der Waals surface area contributed by atoms with Crippen molar-refractivity contribution in [2.75, 3.05) is 26.7 Å². The van der Waals surface area contributed by atoms with Crippen LogP contribution >= 0.6 is 0 Å². The number of pyridine rings is 1. The standard InChI is InChI=1S/C28H31N5O4/c1-19-16-33(20(2)18-34)27(35)23-13-22(10-9-21-7-5-4-6-8-21)14-31-26(23)37-25(19)17-32(3)28(36)24-15-29-11-12-30-24/h4-15,19-20,25,34H,16-18H2,1-3H3/b10-9+/t19-,20-,25-/m0/s1. The van der Waals surface area contributed by atoms with Crippen LogP contribution in [0.5, 0.6) is 5.88 Å². The molecule has 1 aromatic carbocycles. The second-order valence-electron chi connectivity index (χ2n) is 9.26. The Morgan fingerprint density at radius 2 is 1.95 bits per heavy atom. The topological polar surface area (TPSA) is 109 Å².